The SMILES string of the molecule is C/C=N\c1ccccc1SC. The number of para-hydroxylation sites is 1. The first-order valence-corrected chi connectivity index (χ1v) is 4.72. The van der Waals surface area contributed by atoms with Crippen LogP contribution in [0.15, 0.2) is 34.2 Å². The number of thioether (sulfide) groups is 1. The molecule has 0 aliphatic carbocycles. The molecule has 0 N–H and O–H groups in total. The van der Waals surface area contributed by atoms with Crippen LogP contribution in [0.4, 0.5) is 5.69 Å². The quantitative estimate of drug-likeness (QED) is 0.484. The lowest BCUT2D eigenvalue weighted by molar-refractivity contribution is 1.38. The summed E-state index contributed by atoms with van der Waals surface area (Å²) in [5, 5.41) is 0. The summed E-state index contributed by atoms with van der Waals surface area (Å²) in [7, 11) is 0. The van der Waals surface area contributed by atoms with E-state index in [-0.39, 0.29) is 0 Å². The van der Waals surface area contributed by atoms with Crippen LogP contribution in [0.5, 0.6) is 0 Å². The molecule has 0 unspecified atom stereocenters. The maximum atomic E-state index is 4.23. The van der Waals surface area contributed by atoms with E-state index < -0.39 is 0 Å². The van der Waals surface area contributed by atoms with Crippen molar-refractivity contribution in [1.82, 2.24) is 0 Å². The van der Waals surface area contributed by atoms with Gasteiger partial charge in [0, 0.05) is 11.1 Å². The molecule has 0 fully saturated rings. The van der Waals surface area contributed by atoms with Gasteiger partial charge in [0.2, 0.25) is 0 Å². The fourth-order valence-electron chi connectivity index (χ4n) is 0.876. The largest absolute Gasteiger partial charge is 0.260 e. The number of nitrogens with zero attached hydrogens (tertiary/aromatic N) is 1. The standard InChI is InChI=1S/C9H11NS/c1-3-10-8-6-4-5-7-9(8)11-2/h3-7H,1-2H3/b10-3-. The zero-order valence-corrected chi connectivity index (χ0v) is 7.56. The summed E-state index contributed by atoms with van der Waals surface area (Å²) >= 11 is 1.72. The molecule has 58 valence electrons. The molecule has 0 spiro atoms. The van der Waals surface area contributed by atoms with Crippen LogP contribution >= 0.6 is 11.8 Å². The molecule has 0 aliphatic heterocycles. The van der Waals surface area contributed by atoms with Crippen molar-refractivity contribution in [3.8, 4) is 0 Å². The minimum atomic E-state index is 1.06. The fourth-order valence-corrected chi connectivity index (χ4v) is 1.42. The highest BCUT2D eigenvalue weighted by atomic mass is 32.2. The maximum absolute atomic E-state index is 4.23. The number of hydrogen-bond donors (Lipinski definition) is 0. The lowest BCUT2D eigenvalue weighted by Gasteiger charge is -1.99. The molecule has 0 saturated carbocycles. The number of aliphatic imine (C=N–C) groups is 1. The average Bonchev–Trinajstić information content (AvgIpc) is 2.06. The monoisotopic (exact) mass is 165 g/mol. The number of rotatable bonds is 2. The summed E-state index contributed by atoms with van der Waals surface area (Å²) in [5.41, 5.74) is 1.06. The second kappa shape index (κ2) is 4.19. The van der Waals surface area contributed by atoms with Gasteiger partial charge in [0.15, 0.2) is 0 Å². The van der Waals surface area contributed by atoms with Gasteiger partial charge in [0.25, 0.3) is 0 Å². The average molecular weight is 165 g/mol. The summed E-state index contributed by atoms with van der Waals surface area (Å²) in [6.45, 7) is 1.93. The van der Waals surface area contributed by atoms with Crippen molar-refractivity contribution in [3.63, 3.8) is 0 Å². The molecule has 11 heavy (non-hydrogen) atoms. The molecule has 0 bridgehead atoms. The Hall–Kier alpha value is -0.760. The first kappa shape index (κ1) is 8.34. The molecular formula is C9H11NS. The molecule has 1 nitrogen and oxygen atoms in total. The van der Waals surface area contributed by atoms with E-state index in [2.05, 4.69) is 17.3 Å². The highest BCUT2D eigenvalue weighted by Crippen LogP contribution is 2.26. The molecule has 1 aromatic rings. The first-order chi connectivity index (χ1) is 5.38. The van der Waals surface area contributed by atoms with E-state index in [1.807, 2.05) is 31.3 Å². The Morgan fingerprint density at radius 1 is 1.36 bits per heavy atom. The Labute approximate surface area is 71.5 Å². The van der Waals surface area contributed by atoms with Gasteiger partial charge >= 0.3 is 0 Å². The molecule has 0 aliphatic rings. The van der Waals surface area contributed by atoms with Crippen molar-refractivity contribution in [2.75, 3.05) is 6.26 Å². The van der Waals surface area contributed by atoms with Crippen LogP contribution in [-0.4, -0.2) is 12.5 Å². The third kappa shape index (κ3) is 2.09. The van der Waals surface area contributed by atoms with Crippen molar-refractivity contribution >= 4 is 23.7 Å². The molecule has 0 radical (unpaired) electrons. The van der Waals surface area contributed by atoms with Crippen LogP contribution in [0, 0.1) is 0 Å². The maximum Gasteiger partial charge on any atom is 0.0761 e. The van der Waals surface area contributed by atoms with Gasteiger partial charge in [0.1, 0.15) is 0 Å². The Bertz CT molecular complexity index is 255. The minimum absolute atomic E-state index is 1.06. The molecule has 0 atom stereocenters. The predicted molar refractivity (Wildman–Crippen MR) is 52.0 cm³/mol. The highest BCUT2D eigenvalue weighted by molar-refractivity contribution is 7.98. The van der Waals surface area contributed by atoms with Gasteiger partial charge in [-0.15, -0.1) is 11.8 Å². The molecule has 0 heterocycles. The molecule has 0 aromatic heterocycles. The zero-order chi connectivity index (χ0) is 8.10. The zero-order valence-electron chi connectivity index (χ0n) is 6.74. The number of benzene rings is 1. The van der Waals surface area contributed by atoms with E-state index in [1.54, 1.807) is 11.8 Å². The first-order valence-electron chi connectivity index (χ1n) is 3.50. The van der Waals surface area contributed by atoms with E-state index in [4.69, 9.17) is 0 Å². The second-order valence-corrected chi connectivity index (χ2v) is 2.91. The number of hydrogen-bond acceptors (Lipinski definition) is 2. The van der Waals surface area contributed by atoms with E-state index in [1.165, 1.54) is 4.90 Å². The lowest BCUT2D eigenvalue weighted by atomic mass is 10.3. The van der Waals surface area contributed by atoms with Crippen molar-refractivity contribution in [2.45, 2.75) is 11.8 Å². The van der Waals surface area contributed by atoms with E-state index >= 15 is 0 Å². The molecule has 0 amide bonds. The smallest absolute Gasteiger partial charge is 0.0761 e. The highest BCUT2D eigenvalue weighted by Gasteiger charge is 1.94. The molecule has 1 aromatic carbocycles. The second-order valence-electron chi connectivity index (χ2n) is 2.06. The summed E-state index contributed by atoms with van der Waals surface area (Å²) in [6, 6.07) is 8.13. The van der Waals surface area contributed by atoms with Gasteiger partial charge in [-0.05, 0) is 25.3 Å². The summed E-state index contributed by atoms with van der Waals surface area (Å²) in [5.74, 6) is 0. The van der Waals surface area contributed by atoms with Crippen LogP contribution in [0.25, 0.3) is 0 Å². The Kier molecular flexibility index (Phi) is 3.17. The van der Waals surface area contributed by atoms with Crippen molar-refractivity contribution in [1.29, 1.82) is 0 Å². The van der Waals surface area contributed by atoms with Gasteiger partial charge in [-0.2, -0.15) is 0 Å². The molecule has 2 heteroatoms. The molecule has 1 rings (SSSR count). The van der Waals surface area contributed by atoms with E-state index in [0.29, 0.717) is 0 Å². The van der Waals surface area contributed by atoms with E-state index in [0.717, 1.165) is 5.69 Å². The van der Waals surface area contributed by atoms with E-state index in [9.17, 15) is 0 Å². The van der Waals surface area contributed by atoms with Crippen molar-refractivity contribution in [3.05, 3.63) is 24.3 Å². The van der Waals surface area contributed by atoms with Gasteiger partial charge in [-0.25, -0.2) is 0 Å². The van der Waals surface area contributed by atoms with Crippen molar-refractivity contribution < 1.29 is 0 Å². The third-order valence-corrected chi connectivity index (χ3v) is 2.14. The topological polar surface area (TPSA) is 12.4 Å². The van der Waals surface area contributed by atoms with Gasteiger partial charge in [-0.3, -0.25) is 4.99 Å². The summed E-state index contributed by atoms with van der Waals surface area (Å²) in [6.07, 6.45) is 3.87. The van der Waals surface area contributed by atoms with Crippen LogP contribution < -0.4 is 0 Å². The lowest BCUT2D eigenvalue weighted by Crippen LogP contribution is -1.71. The van der Waals surface area contributed by atoms with Gasteiger partial charge in [-0.1, -0.05) is 12.1 Å². The minimum Gasteiger partial charge on any atom is -0.260 e. The van der Waals surface area contributed by atoms with Crippen LogP contribution in [0.1, 0.15) is 6.92 Å². The van der Waals surface area contributed by atoms with Gasteiger partial charge < -0.3 is 0 Å². The van der Waals surface area contributed by atoms with Crippen molar-refractivity contribution in [2.24, 2.45) is 4.99 Å². The predicted octanol–water partition coefficient (Wildman–Crippen LogP) is 3.13. The summed E-state index contributed by atoms with van der Waals surface area (Å²) in [4.78, 5) is 5.46. The fraction of sp³-hybridized carbons (Fsp3) is 0.222. The van der Waals surface area contributed by atoms with Crippen LogP contribution in [0.3, 0.4) is 0 Å². The normalized spacial score (nSPS) is 10.7. The summed E-state index contributed by atoms with van der Waals surface area (Å²) < 4.78 is 0. The van der Waals surface area contributed by atoms with Crippen LogP contribution in [0.2, 0.25) is 0 Å². The third-order valence-electron chi connectivity index (χ3n) is 1.35. The Morgan fingerprint density at radius 3 is 2.73 bits per heavy atom. The van der Waals surface area contributed by atoms with Gasteiger partial charge in [0.05, 0.1) is 5.69 Å². The Morgan fingerprint density at radius 2 is 2.09 bits per heavy atom. The van der Waals surface area contributed by atoms with Crippen LogP contribution in [-0.2, 0) is 0 Å². The molecule has 0 saturated heterocycles. The molecular weight excluding hydrogens is 154 g/mol. The Balaban J connectivity index is 3.02.